The number of hydrogen-bond acceptors (Lipinski definition) is 3. The fourth-order valence-electron chi connectivity index (χ4n) is 4.07. The zero-order valence-electron chi connectivity index (χ0n) is 17.0. The van der Waals surface area contributed by atoms with Crippen molar-refractivity contribution < 1.29 is 18.0 Å². The standard InChI is InChI=1S/C23H26F3N3O/c1-28-10-12-29(13-11-28)22(30)15-27-21-14-19(21)17-8-6-16(7-9-17)18-4-2-3-5-20(18)23(24,25)26/h2-9,19,21,27H,10-15H2,1H3/t19-,21+/m0/s1. The summed E-state index contributed by atoms with van der Waals surface area (Å²) in [5.74, 6) is 0.435. The Kier molecular flexibility index (Phi) is 5.84. The van der Waals surface area contributed by atoms with Gasteiger partial charge in [-0.2, -0.15) is 13.2 Å². The van der Waals surface area contributed by atoms with Gasteiger partial charge in [-0.15, -0.1) is 0 Å². The summed E-state index contributed by atoms with van der Waals surface area (Å²) >= 11 is 0. The molecule has 0 spiro atoms. The van der Waals surface area contributed by atoms with E-state index in [0.29, 0.717) is 18.0 Å². The van der Waals surface area contributed by atoms with Gasteiger partial charge in [0.1, 0.15) is 0 Å². The fraction of sp³-hybridized carbons (Fsp3) is 0.435. The normalized spacial score (nSPS) is 22.2. The molecule has 1 saturated heterocycles. The summed E-state index contributed by atoms with van der Waals surface area (Å²) in [5.41, 5.74) is 1.22. The van der Waals surface area contributed by atoms with E-state index in [1.807, 2.05) is 17.0 Å². The molecule has 0 bridgehead atoms. The molecule has 2 atom stereocenters. The third kappa shape index (κ3) is 4.68. The second kappa shape index (κ2) is 8.40. The van der Waals surface area contributed by atoms with Crippen molar-refractivity contribution in [1.29, 1.82) is 0 Å². The number of piperazine rings is 1. The Hall–Kier alpha value is -2.38. The second-order valence-corrected chi connectivity index (χ2v) is 8.18. The summed E-state index contributed by atoms with van der Waals surface area (Å²) in [6, 6.07) is 13.2. The molecule has 1 saturated carbocycles. The van der Waals surface area contributed by atoms with Gasteiger partial charge in [-0.3, -0.25) is 4.79 Å². The molecule has 0 radical (unpaired) electrons. The van der Waals surface area contributed by atoms with Crippen molar-refractivity contribution in [2.45, 2.75) is 24.6 Å². The van der Waals surface area contributed by atoms with Crippen molar-refractivity contribution >= 4 is 5.91 Å². The van der Waals surface area contributed by atoms with Crippen LogP contribution in [0, 0.1) is 0 Å². The van der Waals surface area contributed by atoms with Crippen molar-refractivity contribution in [3.8, 4) is 11.1 Å². The van der Waals surface area contributed by atoms with E-state index in [2.05, 4.69) is 17.3 Å². The SMILES string of the molecule is CN1CCN(C(=O)CN[C@@H]2C[C@H]2c2ccc(-c3ccccc3C(F)(F)F)cc2)CC1. The van der Waals surface area contributed by atoms with Crippen LogP contribution in [-0.2, 0) is 11.0 Å². The maximum absolute atomic E-state index is 13.3. The molecule has 0 unspecified atom stereocenters. The van der Waals surface area contributed by atoms with E-state index in [1.165, 1.54) is 12.1 Å². The number of carbonyl (C=O) groups is 1. The van der Waals surface area contributed by atoms with Gasteiger partial charge in [0.05, 0.1) is 12.1 Å². The number of benzene rings is 2. The smallest absolute Gasteiger partial charge is 0.339 e. The van der Waals surface area contributed by atoms with E-state index in [4.69, 9.17) is 0 Å². The Morgan fingerprint density at radius 1 is 1.03 bits per heavy atom. The molecule has 1 heterocycles. The minimum Gasteiger partial charge on any atom is -0.339 e. The molecular formula is C23H26F3N3O. The predicted octanol–water partition coefficient (Wildman–Crippen LogP) is 3.59. The van der Waals surface area contributed by atoms with Crippen LogP contribution in [0.5, 0.6) is 0 Å². The monoisotopic (exact) mass is 417 g/mol. The third-order valence-corrected chi connectivity index (χ3v) is 6.04. The summed E-state index contributed by atoms with van der Waals surface area (Å²) in [5, 5.41) is 3.34. The lowest BCUT2D eigenvalue weighted by atomic mass is 9.97. The highest BCUT2D eigenvalue weighted by Gasteiger charge is 2.38. The van der Waals surface area contributed by atoms with Crippen molar-refractivity contribution in [3.63, 3.8) is 0 Å². The molecule has 1 N–H and O–H groups in total. The van der Waals surface area contributed by atoms with Crippen LogP contribution in [0.1, 0.15) is 23.5 Å². The maximum Gasteiger partial charge on any atom is 0.417 e. The molecule has 1 amide bonds. The lowest BCUT2D eigenvalue weighted by Crippen LogP contribution is -2.49. The summed E-state index contributed by atoms with van der Waals surface area (Å²) in [4.78, 5) is 16.5. The molecule has 1 aliphatic carbocycles. The highest BCUT2D eigenvalue weighted by Crippen LogP contribution is 2.42. The van der Waals surface area contributed by atoms with Gasteiger partial charge < -0.3 is 15.1 Å². The van der Waals surface area contributed by atoms with E-state index < -0.39 is 11.7 Å². The molecule has 2 fully saturated rings. The molecule has 30 heavy (non-hydrogen) atoms. The summed E-state index contributed by atoms with van der Waals surface area (Å²) in [7, 11) is 2.06. The number of nitrogens with zero attached hydrogens (tertiary/aromatic N) is 2. The van der Waals surface area contributed by atoms with Gasteiger partial charge in [0.15, 0.2) is 0 Å². The molecular weight excluding hydrogens is 391 g/mol. The number of halogens is 3. The molecule has 160 valence electrons. The Bertz CT molecular complexity index is 889. The van der Waals surface area contributed by atoms with Crippen LogP contribution < -0.4 is 5.32 Å². The first-order chi connectivity index (χ1) is 14.3. The highest BCUT2D eigenvalue weighted by atomic mass is 19.4. The third-order valence-electron chi connectivity index (χ3n) is 6.04. The number of nitrogens with one attached hydrogen (secondary N) is 1. The maximum atomic E-state index is 13.3. The number of carbonyl (C=O) groups excluding carboxylic acids is 1. The number of alkyl halides is 3. The van der Waals surface area contributed by atoms with Gasteiger partial charge in [-0.1, -0.05) is 42.5 Å². The van der Waals surface area contributed by atoms with Gasteiger partial charge in [-0.25, -0.2) is 0 Å². The predicted molar refractivity (Wildman–Crippen MR) is 110 cm³/mol. The lowest BCUT2D eigenvalue weighted by Gasteiger charge is -2.32. The summed E-state index contributed by atoms with van der Waals surface area (Å²) < 4.78 is 39.8. The summed E-state index contributed by atoms with van der Waals surface area (Å²) in [6.45, 7) is 3.68. The van der Waals surface area contributed by atoms with Gasteiger partial charge in [0, 0.05) is 38.1 Å². The van der Waals surface area contributed by atoms with Crippen LogP contribution in [0.15, 0.2) is 48.5 Å². The first-order valence-corrected chi connectivity index (χ1v) is 10.3. The molecule has 1 aliphatic heterocycles. The van der Waals surface area contributed by atoms with Crippen LogP contribution in [0.25, 0.3) is 11.1 Å². The highest BCUT2D eigenvalue weighted by molar-refractivity contribution is 5.78. The molecule has 2 aromatic carbocycles. The van der Waals surface area contributed by atoms with Gasteiger partial charge >= 0.3 is 6.18 Å². The molecule has 7 heteroatoms. The Balaban J connectivity index is 1.34. The number of rotatable bonds is 5. The first kappa shape index (κ1) is 20.9. The van der Waals surface area contributed by atoms with Crippen molar-refractivity contribution in [3.05, 3.63) is 59.7 Å². The molecule has 0 aromatic heterocycles. The van der Waals surface area contributed by atoms with Crippen LogP contribution in [0.3, 0.4) is 0 Å². The van der Waals surface area contributed by atoms with Gasteiger partial charge in [0.25, 0.3) is 0 Å². The minimum atomic E-state index is -4.38. The Morgan fingerprint density at radius 3 is 2.37 bits per heavy atom. The van der Waals surface area contributed by atoms with Crippen LogP contribution >= 0.6 is 0 Å². The average molecular weight is 417 g/mol. The summed E-state index contributed by atoms with van der Waals surface area (Å²) in [6.07, 6.45) is -3.44. The fourth-order valence-corrected chi connectivity index (χ4v) is 4.07. The molecule has 4 nitrogen and oxygen atoms in total. The van der Waals surface area contributed by atoms with E-state index in [0.717, 1.165) is 44.2 Å². The molecule has 2 aliphatic rings. The molecule has 2 aromatic rings. The zero-order valence-corrected chi connectivity index (χ0v) is 17.0. The zero-order chi connectivity index (χ0) is 21.3. The first-order valence-electron chi connectivity index (χ1n) is 10.3. The largest absolute Gasteiger partial charge is 0.417 e. The number of hydrogen-bond donors (Lipinski definition) is 1. The quantitative estimate of drug-likeness (QED) is 0.808. The van der Waals surface area contributed by atoms with Crippen LogP contribution in [-0.4, -0.2) is 61.5 Å². The van der Waals surface area contributed by atoms with Crippen LogP contribution in [0.4, 0.5) is 13.2 Å². The average Bonchev–Trinajstić information content (AvgIpc) is 3.52. The minimum absolute atomic E-state index is 0.132. The van der Waals surface area contributed by atoms with E-state index in [-0.39, 0.29) is 17.5 Å². The number of likely N-dealkylation sites (N-methyl/N-ethyl adjacent to an activating group) is 1. The Labute approximate surface area is 174 Å². The second-order valence-electron chi connectivity index (χ2n) is 8.18. The Morgan fingerprint density at radius 2 is 1.70 bits per heavy atom. The molecule has 4 rings (SSSR count). The van der Waals surface area contributed by atoms with Crippen molar-refractivity contribution in [2.75, 3.05) is 39.8 Å². The van der Waals surface area contributed by atoms with E-state index in [1.54, 1.807) is 18.2 Å². The van der Waals surface area contributed by atoms with Crippen molar-refractivity contribution in [1.82, 2.24) is 15.1 Å². The van der Waals surface area contributed by atoms with E-state index >= 15 is 0 Å². The van der Waals surface area contributed by atoms with Crippen molar-refractivity contribution in [2.24, 2.45) is 0 Å². The topological polar surface area (TPSA) is 35.6 Å². The van der Waals surface area contributed by atoms with Gasteiger partial charge in [0.2, 0.25) is 5.91 Å². The lowest BCUT2D eigenvalue weighted by molar-refractivity contribution is -0.137. The van der Waals surface area contributed by atoms with E-state index in [9.17, 15) is 18.0 Å². The number of amides is 1. The van der Waals surface area contributed by atoms with Gasteiger partial charge in [-0.05, 0) is 36.2 Å². The van der Waals surface area contributed by atoms with Crippen LogP contribution in [0.2, 0.25) is 0 Å².